The molecule has 0 fully saturated rings. The van der Waals surface area contributed by atoms with E-state index in [1.54, 1.807) is 42.4 Å². The molecule has 132 valence electrons. The quantitative estimate of drug-likeness (QED) is 0.908. The number of anilines is 1. The number of likely N-dealkylation sites (N-methyl/N-ethyl adjacent to an activating group) is 1. The van der Waals surface area contributed by atoms with Crippen molar-refractivity contribution in [2.24, 2.45) is 5.41 Å². The Bertz CT molecular complexity index is 736. The first-order valence-electron chi connectivity index (χ1n) is 8.34. The number of carbonyl (C=O) groups excluding carboxylic acids is 2. The maximum Gasteiger partial charge on any atom is 0.253 e. The van der Waals surface area contributed by atoms with E-state index in [1.807, 2.05) is 39.0 Å². The van der Waals surface area contributed by atoms with Crippen LogP contribution in [-0.2, 0) is 11.2 Å². The van der Waals surface area contributed by atoms with Crippen molar-refractivity contribution in [3.8, 4) is 0 Å². The Morgan fingerprint density at radius 3 is 2.52 bits per heavy atom. The van der Waals surface area contributed by atoms with Crippen LogP contribution in [0.4, 0.5) is 5.69 Å². The first-order chi connectivity index (χ1) is 11.8. The van der Waals surface area contributed by atoms with E-state index >= 15 is 0 Å². The summed E-state index contributed by atoms with van der Waals surface area (Å²) in [6.07, 6.45) is 2.45. The minimum absolute atomic E-state index is 0.0808. The molecule has 0 radical (unpaired) electrons. The van der Waals surface area contributed by atoms with Crippen molar-refractivity contribution < 1.29 is 9.59 Å². The van der Waals surface area contributed by atoms with Gasteiger partial charge in [-0.3, -0.25) is 14.6 Å². The molecule has 0 unspecified atom stereocenters. The molecule has 0 atom stereocenters. The van der Waals surface area contributed by atoms with Gasteiger partial charge in [-0.1, -0.05) is 32.9 Å². The van der Waals surface area contributed by atoms with Crippen LogP contribution in [0.5, 0.6) is 0 Å². The summed E-state index contributed by atoms with van der Waals surface area (Å²) in [4.78, 5) is 30.6. The van der Waals surface area contributed by atoms with Gasteiger partial charge in [0, 0.05) is 48.6 Å². The first kappa shape index (κ1) is 18.6. The second-order valence-corrected chi connectivity index (χ2v) is 7.08. The maximum atomic E-state index is 12.6. The smallest absolute Gasteiger partial charge is 0.253 e. The third kappa shape index (κ3) is 5.41. The second kappa shape index (κ2) is 7.92. The average Bonchev–Trinajstić information content (AvgIpc) is 2.59. The molecule has 5 nitrogen and oxygen atoms in total. The lowest BCUT2D eigenvalue weighted by Crippen LogP contribution is -2.29. The van der Waals surface area contributed by atoms with E-state index in [-0.39, 0.29) is 11.8 Å². The first-order valence-corrected chi connectivity index (χ1v) is 8.34. The van der Waals surface area contributed by atoms with Crippen LogP contribution in [0.25, 0.3) is 0 Å². The van der Waals surface area contributed by atoms with E-state index in [0.29, 0.717) is 24.2 Å². The highest BCUT2D eigenvalue weighted by Crippen LogP contribution is 2.18. The largest absolute Gasteiger partial charge is 0.341 e. The SMILES string of the molecule is CN(CCc1ccccn1)C(=O)c1cccc(NC(=O)C(C)(C)C)c1. The summed E-state index contributed by atoms with van der Waals surface area (Å²) in [5, 5.41) is 2.85. The number of nitrogens with zero attached hydrogens (tertiary/aromatic N) is 2. The van der Waals surface area contributed by atoms with Gasteiger partial charge in [-0.15, -0.1) is 0 Å². The molecule has 1 N–H and O–H groups in total. The van der Waals surface area contributed by atoms with Crippen molar-refractivity contribution >= 4 is 17.5 Å². The Morgan fingerprint density at radius 2 is 1.88 bits per heavy atom. The molecule has 0 aliphatic carbocycles. The normalized spacial score (nSPS) is 11.0. The lowest BCUT2D eigenvalue weighted by Gasteiger charge is -2.19. The van der Waals surface area contributed by atoms with Crippen LogP contribution < -0.4 is 5.32 Å². The van der Waals surface area contributed by atoms with Crippen LogP contribution >= 0.6 is 0 Å². The van der Waals surface area contributed by atoms with Gasteiger partial charge in [0.15, 0.2) is 0 Å². The van der Waals surface area contributed by atoms with Crippen LogP contribution in [-0.4, -0.2) is 35.3 Å². The van der Waals surface area contributed by atoms with Gasteiger partial charge in [0.25, 0.3) is 5.91 Å². The molecular weight excluding hydrogens is 314 g/mol. The zero-order valence-corrected chi connectivity index (χ0v) is 15.2. The second-order valence-electron chi connectivity index (χ2n) is 7.08. The highest BCUT2D eigenvalue weighted by atomic mass is 16.2. The fraction of sp³-hybridized carbons (Fsp3) is 0.350. The van der Waals surface area contributed by atoms with Crippen LogP contribution in [0.2, 0.25) is 0 Å². The van der Waals surface area contributed by atoms with E-state index in [1.165, 1.54) is 0 Å². The van der Waals surface area contributed by atoms with Crippen molar-refractivity contribution in [3.63, 3.8) is 0 Å². The van der Waals surface area contributed by atoms with Crippen LogP contribution in [0.3, 0.4) is 0 Å². The van der Waals surface area contributed by atoms with Gasteiger partial charge >= 0.3 is 0 Å². The Hall–Kier alpha value is -2.69. The van der Waals surface area contributed by atoms with Gasteiger partial charge in [0.2, 0.25) is 5.91 Å². The Morgan fingerprint density at radius 1 is 1.12 bits per heavy atom. The summed E-state index contributed by atoms with van der Waals surface area (Å²) in [5.41, 5.74) is 1.65. The summed E-state index contributed by atoms with van der Waals surface area (Å²) in [7, 11) is 1.77. The molecule has 5 heteroatoms. The number of rotatable bonds is 5. The van der Waals surface area contributed by atoms with Crippen molar-refractivity contribution in [1.82, 2.24) is 9.88 Å². The molecule has 2 amide bonds. The van der Waals surface area contributed by atoms with Gasteiger partial charge in [-0.05, 0) is 30.3 Å². The maximum absolute atomic E-state index is 12.6. The number of amides is 2. The molecule has 2 rings (SSSR count). The number of aromatic nitrogens is 1. The van der Waals surface area contributed by atoms with Gasteiger partial charge < -0.3 is 10.2 Å². The molecule has 0 spiro atoms. The average molecular weight is 339 g/mol. The Labute approximate surface area is 149 Å². The van der Waals surface area contributed by atoms with E-state index in [4.69, 9.17) is 0 Å². The van der Waals surface area contributed by atoms with Crippen molar-refractivity contribution in [2.75, 3.05) is 18.9 Å². The van der Waals surface area contributed by atoms with E-state index in [0.717, 1.165) is 5.69 Å². The molecule has 0 aliphatic heterocycles. The third-order valence-corrected chi connectivity index (χ3v) is 3.82. The molecule has 1 aromatic carbocycles. The van der Waals surface area contributed by atoms with Crippen molar-refractivity contribution in [2.45, 2.75) is 27.2 Å². The number of nitrogens with one attached hydrogen (secondary N) is 1. The molecule has 1 heterocycles. The zero-order valence-electron chi connectivity index (χ0n) is 15.2. The number of benzene rings is 1. The molecule has 1 aromatic heterocycles. The van der Waals surface area contributed by atoms with E-state index in [9.17, 15) is 9.59 Å². The summed E-state index contributed by atoms with van der Waals surface area (Å²) in [5.74, 6) is -0.164. The lowest BCUT2D eigenvalue weighted by molar-refractivity contribution is -0.123. The molecule has 0 aliphatic rings. The van der Waals surface area contributed by atoms with Crippen molar-refractivity contribution in [3.05, 3.63) is 59.9 Å². The summed E-state index contributed by atoms with van der Waals surface area (Å²) in [6.45, 7) is 6.13. The lowest BCUT2D eigenvalue weighted by atomic mass is 9.95. The van der Waals surface area contributed by atoms with Gasteiger partial charge in [-0.2, -0.15) is 0 Å². The third-order valence-electron chi connectivity index (χ3n) is 3.82. The van der Waals surface area contributed by atoms with Gasteiger partial charge in [0.1, 0.15) is 0 Å². The van der Waals surface area contributed by atoms with E-state index < -0.39 is 5.41 Å². The number of hydrogen-bond acceptors (Lipinski definition) is 3. The molecule has 0 saturated heterocycles. The fourth-order valence-corrected chi connectivity index (χ4v) is 2.20. The molecule has 25 heavy (non-hydrogen) atoms. The molecule has 2 aromatic rings. The highest BCUT2D eigenvalue weighted by Gasteiger charge is 2.21. The van der Waals surface area contributed by atoms with Gasteiger partial charge in [0.05, 0.1) is 0 Å². The Kier molecular flexibility index (Phi) is 5.91. The summed E-state index contributed by atoms with van der Waals surface area (Å²) < 4.78 is 0. The minimum Gasteiger partial charge on any atom is -0.341 e. The van der Waals surface area contributed by atoms with Crippen LogP contribution in [0, 0.1) is 5.41 Å². The molecular formula is C20H25N3O2. The monoisotopic (exact) mass is 339 g/mol. The summed E-state index contributed by atoms with van der Waals surface area (Å²) in [6, 6.07) is 12.8. The standard InChI is InChI=1S/C20H25N3O2/c1-20(2,3)19(25)22-17-10-7-8-15(14-17)18(24)23(4)13-11-16-9-5-6-12-21-16/h5-10,12,14H,11,13H2,1-4H3,(H,22,25). The molecule has 0 saturated carbocycles. The van der Waals surface area contributed by atoms with Gasteiger partial charge in [-0.25, -0.2) is 0 Å². The van der Waals surface area contributed by atoms with Crippen LogP contribution in [0.1, 0.15) is 36.8 Å². The fourth-order valence-electron chi connectivity index (χ4n) is 2.20. The number of carbonyl (C=O) groups is 2. The molecule has 0 bridgehead atoms. The minimum atomic E-state index is -0.487. The van der Waals surface area contributed by atoms with Crippen molar-refractivity contribution in [1.29, 1.82) is 0 Å². The predicted octanol–water partition coefficient (Wildman–Crippen LogP) is 3.38. The topological polar surface area (TPSA) is 62.3 Å². The number of pyridine rings is 1. The Balaban J connectivity index is 2.01. The zero-order chi connectivity index (χ0) is 18.4. The van der Waals surface area contributed by atoms with E-state index in [2.05, 4.69) is 10.3 Å². The highest BCUT2D eigenvalue weighted by molar-refractivity contribution is 5.98. The number of hydrogen-bond donors (Lipinski definition) is 1. The van der Waals surface area contributed by atoms with Crippen LogP contribution in [0.15, 0.2) is 48.7 Å². The predicted molar refractivity (Wildman–Crippen MR) is 99.4 cm³/mol. The summed E-state index contributed by atoms with van der Waals surface area (Å²) >= 11 is 0.